The number of rotatable bonds is 7. The molecule has 0 fully saturated rings. The van der Waals surface area contributed by atoms with Crippen molar-refractivity contribution < 1.29 is 9.90 Å². The van der Waals surface area contributed by atoms with Gasteiger partial charge in [-0.1, -0.05) is 24.3 Å². The number of carbonyl (C=O) groups is 1. The standard InChI is InChI=1S/C19H21N3O2S/c20-11-16(14-5-3-13(4-6-14)2-1-9-23)19(24)22-18-10-15-7-8-21-12-17(15)25-18/h3-8,10,12,16,23H,1-2,9,11,20H2,(H,22,24). The smallest absolute Gasteiger partial charge is 0.233 e. The van der Waals surface area contributed by atoms with Gasteiger partial charge < -0.3 is 16.2 Å². The molecular weight excluding hydrogens is 334 g/mol. The Bertz CT molecular complexity index is 812. The minimum atomic E-state index is -0.393. The number of aromatic nitrogens is 1. The summed E-state index contributed by atoms with van der Waals surface area (Å²) in [7, 11) is 0. The van der Waals surface area contributed by atoms with Crippen LogP contribution in [0.5, 0.6) is 0 Å². The molecule has 3 aromatic rings. The van der Waals surface area contributed by atoms with Crippen LogP contribution in [0.4, 0.5) is 5.00 Å². The molecule has 0 saturated heterocycles. The van der Waals surface area contributed by atoms with E-state index in [2.05, 4.69) is 10.3 Å². The first-order valence-electron chi connectivity index (χ1n) is 8.25. The lowest BCUT2D eigenvalue weighted by atomic mass is 9.96. The zero-order valence-electron chi connectivity index (χ0n) is 13.8. The minimum absolute atomic E-state index is 0.106. The van der Waals surface area contributed by atoms with Crippen molar-refractivity contribution in [3.8, 4) is 0 Å². The summed E-state index contributed by atoms with van der Waals surface area (Å²) < 4.78 is 1.04. The average molecular weight is 355 g/mol. The Morgan fingerprint density at radius 3 is 2.76 bits per heavy atom. The lowest BCUT2D eigenvalue weighted by Gasteiger charge is -2.15. The van der Waals surface area contributed by atoms with Crippen molar-refractivity contribution >= 4 is 32.3 Å². The van der Waals surface area contributed by atoms with Crippen LogP contribution in [0.1, 0.15) is 23.5 Å². The highest BCUT2D eigenvalue weighted by Gasteiger charge is 2.20. The van der Waals surface area contributed by atoms with E-state index in [0.29, 0.717) is 0 Å². The number of carbonyl (C=O) groups excluding carboxylic acids is 1. The second-order valence-electron chi connectivity index (χ2n) is 5.87. The molecule has 1 aromatic carbocycles. The van der Waals surface area contributed by atoms with Crippen LogP contribution in [0.2, 0.25) is 0 Å². The van der Waals surface area contributed by atoms with Crippen LogP contribution in [0.15, 0.2) is 48.8 Å². The maximum Gasteiger partial charge on any atom is 0.233 e. The molecule has 5 nitrogen and oxygen atoms in total. The molecule has 0 radical (unpaired) electrons. The number of pyridine rings is 1. The van der Waals surface area contributed by atoms with Gasteiger partial charge in [-0.2, -0.15) is 0 Å². The first-order valence-corrected chi connectivity index (χ1v) is 9.07. The number of thiophene rings is 1. The van der Waals surface area contributed by atoms with Crippen molar-refractivity contribution in [3.63, 3.8) is 0 Å². The lowest BCUT2D eigenvalue weighted by molar-refractivity contribution is -0.117. The molecule has 6 heteroatoms. The molecule has 0 bridgehead atoms. The fourth-order valence-corrected chi connectivity index (χ4v) is 3.68. The number of aliphatic hydroxyl groups is 1. The molecule has 0 aliphatic heterocycles. The van der Waals surface area contributed by atoms with E-state index in [4.69, 9.17) is 10.8 Å². The third-order valence-electron chi connectivity index (χ3n) is 4.13. The third-order valence-corrected chi connectivity index (χ3v) is 5.13. The largest absolute Gasteiger partial charge is 0.396 e. The summed E-state index contributed by atoms with van der Waals surface area (Å²) in [4.78, 5) is 16.7. The van der Waals surface area contributed by atoms with Crippen LogP contribution in [-0.2, 0) is 11.2 Å². The summed E-state index contributed by atoms with van der Waals surface area (Å²) >= 11 is 1.50. The van der Waals surface area contributed by atoms with Gasteiger partial charge in [-0.25, -0.2) is 0 Å². The van der Waals surface area contributed by atoms with Crippen LogP contribution >= 0.6 is 11.3 Å². The molecular formula is C19H21N3O2S. The molecule has 1 amide bonds. The van der Waals surface area contributed by atoms with E-state index in [1.807, 2.05) is 36.4 Å². The fraction of sp³-hybridized carbons (Fsp3) is 0.263. The predicted molar refractivity (Wildman–Crippen MR) is 102 cm³/mol. The summed E-state index contributed by atoms with van der Waals surface area (Å²) in [5, 5.41) is 13.7. The number of anilines is 1. The zero-order chi connectivity index (χ0) is 17.6. The number of aryl methyl sites for hydroxylation is 1. The Hall–Kier alpha value is -2.28. The molecule has 0 aliphatic carbocycles. The summed E-state index contributed by atoms with van der Waals surface area (Å²) in [6.07, 6.45) is 5.09. The number of hydrogen-bond acceptors (Lipinski definition) is 5. The third kappa shape index (κ3) is 4.22. The van der Waals surface area contributed by atoms with Gasteiger partial charge in [0.25, 0.3) is 0 Å². The van der Waals surface area contributed by atoms with Crippen molar-refractivity contribution in [2.45, 2.75) is 18.8 Å². The van der Waals surface area contributed by atoms with Crippen LogP contribution in [0, 0.1) is 0 Å². The molecule has 1 unspecified atom stereocenters. The van der Waals surface area contributed by atoms with E-state index in [0.717, 1.165) is 39.1 Å². The number of nitrogens with one attached hydrogen (secondary N) is 1. The van der Waals surface area contributed by atoms with Crippen molar-refractivity contribution in [1.29, 1.82) is 0 Å². The summed E-state index contributed by atoms with van der Waals surface area (Å²) in [6.45, 7) is 0.425. The SMILES string of the molecule is NCC(C(=O)Nc1cc2ccncc2s1)c1ccc(CCCO)cc1. The van der Waals surface area contributed by atoms with Crippen LogP contribution in [0.25, 0.3) is 10.1 Å². The number of amides is 1. The molecule has 0 aliphatic rings. The molecule has 3 rings (SSSR count). The highest BCUT2D eigenvalue weighted by Crippen LogP contribution is 2.29. The van der Waals surface area contributed by atoms with Crippen LogP contribution in [0.3, 0.4) is 0 Å². The second-order valence-corrected chi connectivity index (χ2v) is 6.95. The van der Waals surface area contributed by atoms with E-state index >= 15 is 0 Å². The number of nitrogens with zero attached hydrogens (tertiary/aromatic N) is 1. The van der Waals surface area contributed by atoms with Crippen molar-refractivity contribution in [2.24, 2.45) is 5.73 Å². The summed E-state index contributed by atoms with van der Waals surface area (Å²) in [6, 6.07) is 11.7. The normalized spacial score (nSPS) is 12.2. The first kappa shape index (κ1) is 17.5. The van der Waals surface area contributed by atoms with E-state index < -0.39 is 5.92 Å². The molecule has 1 atom stereocenters. The highest BCUT2D eigenvalue weighted by atomic mass is 32.1. The monoisotopic (exact) mass is 355 g/mol. The Balaban J connectivity index is 1.72. The van der Waals surface area contributed by atoms with Crippen molar-refractivity contribution in [3.05, 3.63) is 59.9 Å². The van der Waals surface area contributed by atoms with E-state index in [9.17, 15) is 4.79 Å². The maximum atomic E-state index is 12.6. The zero-order valence-corrected chi connectivity index (χ0v) is 14.6. The Morgan fingerprint density at radius 1 is 1.28 bits per heavy atom. The van der Waals surface area contributed by atoms with E-state index in [1.165, 1.54) is 11.3 Å². The number of aliphatic hydroxyl groups excluding tert-OH is 1. The number of nitrogens with two attached hydrogens (primary N) is 1. The van der Waals surface area contributed by atoms with Gasteiger partial charge >= 0.3 is 0 Å². The van der Waals surface area contributed by atoms with Crippen molar-refractivity contribution in [1.82, 2.24) is 4.98 Å². The van der Waals surface area contributed by atoms with Gasteiger partial charge in [0.05, 0.1) is 15.6 Å². The van der Waals surface area contributed by atoms with Crippen molar-refractivity contribution in [2.75, 3.05) is 18.5 Å². The molecule has 25 heavy (non-hydrogen) atoms. The van der Waals surface area contributed by atoms with Gasteiger partial charge in [0.1, 0.15) is 0 Å². The van der Waals surface area contributed by atoms with Crippen LogP contribution < -0.4 is 11.1 Å². The minimum Gasteiger partial charge on any atom is -0.396 e. The van der Waals surface area contributed by atoms with E-state index in [1.54, 1.807) is 12.4 Å². The highest BCUT2D eigenvalue weighted by molar-refractivity contribution is 7.22. The summed E-state index contributed by atoms with van der Waals surface area (Å²) in [5.41, 5.74) is 7.90. The molecule has 130 valence electrons. The predicted octanol–water partition coefficient (Wildman–Crippen LogP) is 2.90. The van der Waals surface area contributed by atoms with Gasteiger partial charge in [-0.3, -0.25) is 9.78 Å². The Morgan fingerprint density at radius 2 is 2.08 bits per heavy atom. The number of hydrogen-bond donors (Lipinski definition) is 3. The van der Waals surface area contributed by atoms with Gasteiger partial charge in [0.2, 0.25) is 5.91 Å². The molecule has 0 saturated carbocycles. The Labute approximate surface area is 150 Å². The van der Waals surface area contributed by atoms with Gasteiger partial charge in [-0.15, -0.1) is 11.3 Å². The molecule has 2 aromatic heterocycles. The van der Waals surface area contributed by atoms with Crippen LogP contribution in [-0.4, -0.2) is 29.1 Å². The van der Waals surface area contributed by atoms with E-state index in [-0.39, 0.29) is 19.1 Å². The summed E-state index contributed by atoms with van der Waals surface area (Å²) in [5.74, 6) is -0.500. The topological polar surface area (TPSA) is 88.2 Å². The van der Waals surface area contributed by atoms with Gasteiger partial charge in [0.15, 0.2) is 0 Å². The molecule has 4 N–H and O–H groups in total. The Kier molecular flexibility index (Phi) is 5.75. The number of benzene rings is 1. The first-order chi connectivity index (χ1) is 12.2. The van der Waals surface area contributed by atoms with Gasteiger partial charge in [-0.05, 0) is 41.5 Å². The molecule has 0 spiro atoms. The number of fused-ring (bicyclic) bond motifs is 1. The fourth-order valence-electron chi connectivity index (χ4n) is 2.75. The van der Waals surface area contributed by atoms with Gasteiger partial charge in [0, 0.05) is 25.5 Å². The molecule has 2 heterocycles. The maximum absolute atomic E-state index is 12.6. The average Bonchev–Trinajstić information content (AvgIpc) is 3.03. The lowest BCUT2D eigenvalue weighted by Crippen LogP contribution is -2.27. The second kappa shape index (κ2) is 8.20. The quantitative estimate of drug-likeness (QED) is 0.608.